The molecule has 0 aromatic heterocycles. The van der Waals surface area contributed by atoms with Gasteiger partial charge in [-0.3, -0.25) is 9.69 Å². The van der Waals surface area contributed by atoms with Gasteiger partial charge in [-0.2, -0.15) is 0 Å². The predicted molar refractivity (Wildman–Crippen MR) is 63.4 cm³/mol. The number of piperidine rings is 1. The molecule has 104 valence electrons. The summed E-state index contributed by atoms with van der Waals surface area (Å²) in [6.45, 7) is 0.869. The number of aliphatic hydroxyl groups is 1. The highest BCUT2D eigenvalue weighted by atomic mass is 19.1. The lowest BCUT2D eigenvalue weighted by Crippen LogP contribution is -2.46. The van der Waals surface area contributed by atoms with Crippen LogP contribution in [-0.4, -0.2) is 40.3 Å². The molecule has 1 fully saturated rings. The van der Waals surface area contributed by atoms with Gasteiger partial charge in [0.1, 0.15) is 11.6 Å². The SMILES string of the molecule is O=C(O)[C@H]1CCN(Cc2ccc(F)cc2F)C[C@H]1O. The number of nitrogens with zero attached hydrogens (tertiary/aromatic N) is 1. The number of hydrogen-bond acceptors (Lipinski definition) is 3. The van der Waals surface area contributed by atoms with E-state index in [1.807, 2.05) is 0 Å². The van der Waals surface area contributed by atoms with E-state index in [1.54, 1.807) is 4.90 Å². The Labute approximate surface area is 109 Å². The smallest absolute Gasteiger partial charge is 0.309 e. The molecule has 2 N–H and O–H groups in total. The molecule has 19 heavy (non-hydrogen) atoms. The van der Waals surface area contributed by atoms with Crippen LogP contribution in [0.15, 0.2) is 18.2 Å². The molecule has 1 aliphatic rings. The Morgan fingerprint density at radius 1 is 1.42 bits per heavy atom. The monoisotopic (exact) mass is 271 g/mol. The van der Waals surface area contributed by atoms with Crippen molar-refractivity contribution in [3.8, 4) is 0 Å². The zero-order valence-electron chi connectivity index (χ0n) is 10.2. The number of carboxylic acids is 1. The van der Waals surface area contributed by atoms with Crippen LogP contribution in [0.3, 0.4) is 0 Å². The molecular weight excluding hydrogens is 256 g/mol. The van der Waals surface area contributed by atoms with Gasteiger partial charge < -0.3 is 10.2 Å². The summed E-state index contributed by atoms with van der Waals surface area (Å²) in [6, 6.07) is 3.36. The van der Waals surface area contributed by atoms with Crippen LogP contribution < -0.4 is 0 Å². The highest BCUT2D eigenvalue weighted by Crippen LogP contribution is 2.21. The Morgan fingerprint density at radius 3 is 2.74 bits per heavy atom. The Kier molecular flexibility index (Phi) is 4.11. The lowest BCUT2D eigenvalue weighted by Gasteiger charge is -2.33. The number of carboxylic acid groups (broad SMARTS) is 1. The number of carbonyl (C=O) groups is 1. The van der Waals surface area contributed by atoms with E-state index >= 15 is 0 Å². The van der Waals surface area contributed by atoms with E-state index in [-0.39, 0.29) is 13.1 Å². The number of aliphatic hydroxyl groups excluding tert-OH is 1. The molecule has 4 nitrogen and oxygen atoms in total. The van der Waals surface area contributed by atoms with Crippen LogP contribution in [0.5, 0.6) is 0 Å². The summed E-state index contributed by atoms with van der Waals surface area (Å²) in [7, 11) is 0. The molecular formula is C13H15F2NO3. The summed E-state index contributed by atoms with van der Waals surface area (Å²) >= 11 is 0. The first-order chi connectivity index (χ1) is 8.97. The summed E-state index contributed by atoms with van der Waals surface area (Å²) < 4.78 is 26.3. The van der Waals surface area contributed by atoms with Gasteiger partial charge in [-0.05, 0) is 19.0 Å². The van der Waals surface area contributed by atoms with Gasteiger partial charge >= 0.3 is 5.97 Å². The minimum atomic E-state index is -1.01. The van der Waals surface area contributed by atoms with Crippen LogP contribution in [0.2, 0.25) is 0 Å². The quantitative estimate of drug-likeness (QED) is 0.868. The number of β-amino-alcohol motifs (C(OH)–C–C–N with tert-alkyl or cyclic N) is 1. The van der Waals surface area contributed by atoms with Crippen molar-refractivity contribution in [2.75, 3.05) is 13.1 Å². The molecule has 0 unspecified atom stereocenters. The predicted octanol–water partition coefficient (Wildman–Crippen LogP) is 1.23. The Morgan fingerprint density at radius 2 is 2.16 bits per heavy atom. The molecule has 0 spiro atoms. The fourth-order valence-electron chi connectivity index (χ4n) is 2.32. The van der Waals surface area contributed by atoms with Gasteiger partial charge in [0, 0.05) is 24.7 Å². The molecule has 0 radical (unpaired) electrons. The van der Waals surface area contributed by atoms with E-state index in [4.69, 9.17) is 5.11 Å². The summed E-state index contributed by atoms with van der Waals surface area (Å²) in [5.74, 6) is -3.05. The van der Waals surface area contributed by atoms with E-state index in [2.05, 4.69) is 0 Å². The molecule has 1 saturated heterocycles. The molecule has 0 saturated carbocycles. The third kappa shape index (κ3) is 3.27. The lowest BCUT2D eigenvalue weighted by molar-refractivity contribution is -0.148. The van der Waals surface area contributed by atoms with Crippen molar-refractivity contribution in [1.82, 2.24) is 4.90 Å². The number of rotatable bonds is 3. The fraction of sp³-hybridized carbons (Fsp3) is 0.462. The molecule has 0 aliphatic carbocycles. The van der Waals surface area contributed by atoms with Crippen molar-refractivity contribution in [2.24, 2.45) is 5.92 Å². The van der Waals surface area contributed by atoms with E-state index < -0.39 is 29.6 Å². The number of halogens is 2. The second kappa shape index (κ2) is 5.63. The van der Waals surface area contributed by atoms with Gasteiger partial charge in [0.15, 0.2) is 0 Å². The van der Waals surface area contributed by atoms with E-state index in [0.29, 0.717) is 18.5 Å². The second-order valence-corrected chi connectivity index (χ2v) is 4.77. The van der Waals surface area contributed by atoms with Crippen molar-refractivity contribution in [1.29, 1.82) is 0 Å². The Bertz CT molecular complexity index is 481. The topological polar surface area (TPSA) is 60.8 Å². The average molecular weight is 271 g/mol. The maximum absolute atomic E-state index is 13.5. The van der Waals surface area contributed by atoms with Crippen LogP contribution >= 0.6 is 0 Å². The highest BCUT2D eigenvalue weighted by molar-refractivity contribution is 5.70. The summed E-state index contributed by atoms with van der Waals surface area (Å²) in [4.78, 5) is 12.6. The lowest BCUT2D eigenvalue weighted by atomic mass is 9.94. The summed E-state index contributed by atoms with van der Waals surface area (Å²) in [5.41, 5.74) is 0.336. The molecule has 2 atom stereocenters. The van der Waals surface area contributed by atoms with Crippen LogP contribution in [0.4, 0.5) is 8.78 Å². The second-order valence-electron chi connectivity index (χ2n) is 4.77. The molecule has 0 bridgehead atoms. The zero-order chi connectivity index (χ0) is 14.0. The Hall–Kier alpha value is -1.53. The molecule has 1 aliphatic heterocycles. The van der Waals surface area contributed by atoms with Gasteiger partial charge in [-0.15, -0.1) is 0 Å². The normalized spacial score (nSPS) is 24.4. The zero-order valence-corrected chi connectivity index (χ0v) is 10.2. The van der Waals surface area contributed by atoms with E-state index in [9.17, 15) is 18.7 Å². The molecule has 1 aromatic carbocycles. The third-order valence-corrected chi connectivity index (χ3v) is 3.39. The molecule has 1 aromatic rings. The molecule has 2 rings (SSSR count). The number of hydrogen-bond donors (Lipinski definition) is 2. The fourth-order valence-corrected chi connectivity index (χ4v) is 2.32. The maximum atomic E-state index is 13.5. The van der Waals surface area contributed by atoms with Gasteiger partial charge in [0.25, 0.3) is 0 Å². The largest absolute Gasteiger partial charge is 0.481 e. The minimum Gasteiger partial charge on any atom is -0.481 e. The molecule has 6 heteroatoms. The van der Waals surface area contributed by atoms with Gasteiger partial charge in [-0.1, -0.05) is 6.07 Å². The summed E-state index contributed by atoms with van der Waals surface area (Å²) in [6.07, 6.45) is -0.644. The highest BCUT2D eigenvalue weighted by Gasteiger charge is 2.32. The Balaban J connectivity index is 2.00. The van der Waals surface area contributed by atoms with E-state index in [0.717, 1.165) is 6.07 Å². The van der Waals surface area contributed by atoms with Crippen molar-refractivity contribution < 1.29 is 23.8 Å². The van der Waals surface area contributed by atoms with Gasteiger partial charge in [0.2, 0.25) is 0 Å². The number of likely N-dealkylation sites (tertiary alicyclic amines) is 1. The first-order valence-electron chi connectivity index (χ1n) is 6.04. The average Bonchev–Trinajstić information content (AvgIpc) is 2.32. The number of aliphatic carboxylic acids is 1. The minimum absolute atomic E-state index is 0.174. The molecule has 0 amide bonds. The van der Waals surface area contributed by atoms with Crippen LogP contribution in [0.25, 0.3) is 0 Å². The maximum Gasteiger partial charge on any atom is 0.309 e. The van der Waals surface area contributed by atoms with Gasteiger partial charge in [-0.25, -0.2) is 8.78 Å². The van der Waals surface area contributed by atoms with Crippen LogP contribution in [-0.2, 0) is 11.3 Å². The van der Waals surface area contributed by atoms with Crippen molar-refractivity contribution >= 4 is 5.97 Å². The van der Waals surface area contributed by atoms with Crippen LogP contribution in [0, 0.1) is 17.6 Å². The number of benzene rings is 1. The van der Waals surface area contributed by atoms with Crippen molar-refractivity contribution in [2.45, 2.75) is 19.1 Å². The third-order valence-electron chi connectivity index (χ3n) is 3.39. The van der Waals surface area contributed by atoms with Gasteiger partial charge in [0.05, 0.1) is 12.0 Å². The first kappa shape index (κ1) is 13.9. The van der Waals surface area contributed by atoms with Crippen molar-refractivity contribution in [3.63, 3.8) is 0 Å². The summed E-state index contributed by atoms with van der Waals surface area (Å²) in [5, 5.41) is 18.6. The standard InChI is InChI=1S/C13H15F2NO3/c14-9-2-1-8(11(15)5-9)6-16-4-3-10(13(18)19)12(17)7-16/h1-2,5,10,12,17H,3-4,6-7H2,(H,18,19)/t10-,12+/m0/s1. The first-order valence-corrected chi connectivity index (χ1v) is 6.04. The van der Waals surface area contributed by atoms with Crippen molar-refractivity contribution in [3.05, 3.63) is 35.4 Å². The molecule has 1 heterocycles. The van der Waals surface area contributed by atoms with E-state index in [1.165, 1.54) is 12.1 Å². The van der Waals surface area contributed by atoms with Crippen LogP contribution in [0.1, 0.15) is 12.0 Å².